The van der Waals surface area contributed by atoms with Crippen molar-refractivity contribution in [1.82, 2.24) is 19.1 Å². The van der Waals surface area contributed by atoms with Gasteiger partial charge in [0, 0.05) is 16.8 Å². The van der Waals surface area contributed by atoms with E-state index in [4.69, 9.17) is 11.6 Å². The number of halogens is 5. The van der Waals surface area contributed by atoms with E-state index < -0.39 is 23.1 Å². The maximum absolute atomic E-state index is 14.4. The molecule has 0 radical (unpaired) electrons. The van der Waals surface area contributed by atoms with Gasteiger partial charge in [-0.1, -0.05) is 29.4 Å². The highest BCUT2D eigenvalue weighted by atomic mass is 35.5. The molecule has 0 saturated heterocycles. The summed E-state index contributed by atoms with van der Waals surface area (Å²) in [5.74, 6) is -0.991. The van der Waals surface area contributed by atoms with Gasteiger partial charge in [0.2, 0.25) is 0 Å². The molecule has 0 unspecified atom stereocenters. The Morgan fingerprint density at radius 2 is 1.85 bits per heavy atom. The Labute approximate surface area is 194 Å². The molecule has 11 heteroatoms. The van der Waals surface area contributed by atoms with Crippen molar-refractivity contribution in [2.24, 2.45) is 0 Å². The van der Waals surface area contributed by atoms with Crippen LogP contribution in [0.1, 0.15) is 30.0 Å². The number of fused-ring (bicyclic) bond motifs is 1. The topological polar surface area (TPSA) is 52.7 Å². The van der Waals surface area contributed by atoms with E-state index in [-0.39, 0.29) is 28.0 Å². The lowest BCUT2D eigenvalue weighted by atomic mass is 10.1. The van der Waals surface area contributed by atoms with Crippen LogP contribution in [0.25, 0.3) is 16.9 Å². The molecule has 0 amide bonds. The Balaban J connectivity index is 1.57. The zero-order chi connectivity index (χ0) is 23.3. The van der Waals surface area contributed by atoms with Crippen LogP contribution in [0, 0.1) is 5.82 Å². The fourth-order valence-electron chi connectivity index (χ4n) is 3.47. The SMILES string of the molecule is O=c1c2ncn(C3CC3)c2nc(SCc2ccc(C(F)(F)F)cc2F)n1-c1ccc(Cl)cc1. The van der Waals surface area contributed by atoms with Crippen LogP contribution >= 0.6 is 23.4 Å². The average molecular weight is 495 g/mol. The minimum absolute atomic E-state index is 0.0208. The summed E-state index contributed by atoms with van der Waals surface area (Å²) in [6.45, 7) is 0. The summed E-state index contributed by atoms with van der Waals surface area (Å²) in [4.78, 5) is 22.2. The molecule has 2 aromatic heterocycles. The highest BCUT2D eigenvalue weighted by molar-refractivity contribution is 7.98. The molecule has 2 aromatic carbocycles. The first-order valence-electron chi connectivity index (χ1n) is 9.96. The van der Waals surface area contributed by atoms with E-state index >= 15 is 0 Å². The molecular formula is C22H15ClF4N4OS. The maximum atomic E-state index is 14.4. The van der Waals surface area contributed by atoms with Gasteiger partial charge in [-0.25, -0.2) is 14.4 Å². The van der Waals surface area contributed by atoms with Crippen molar-refractivity contribution in [2.75, 3.05) is 0 Å². The predicted molar refractivity (Wildman–Crippen MR) is 117 cm³/mol. The fraction of sp³-hybridized carbons (Fsp3) is 0.227. The van der Waals surface area contributed by atoms with Crippen LogP contribution < -0.4 is 5.56 Å². The lowest BCUT2D eigenvalue weighted by Gasteiger charge is -2.13. The molecular weight excluding hydrogens is 480 g/mol. The number of thioether (sulfide) groups is 1. The molecule has 4 aromatic rings. The standard InChI is InChI=1S/C22H15ClF4N4OS/c23-14-3-5-16(6-4-14)31-20(32)18-19(30(11-28-18)15-7-8-15)29-21(31)33-10-12-1-2-13(9-17(12)24)22(25,26)27/h1-6,9,11,15H,7-8,10H2. The lowest BCUT2D eigenvalue weighted by molar-refractivity contribution is -0.137. The second-order valence-electron chi connectivity index (χ2n) is 7.66. The number of benzene rings is 2. The number of alkyl halides is 3. The lowest BCUT2D eigenvalue weighted by Crippen LogP contribution is -2.22. The van der Waals surface area contributed by atoms with Gasteiger partial charge in [0.25, 0.3) is 5.56 Å². The summed E-state index contributed by atoms with van der Waals surface area (Å²) in [5.41, 5.74) is -0.238. The Kier molecular flexibility index (Phi) is 5.44. The monoisotopic (exact) mass is 494 g/mol. The molecule has 5 rings (SSSR count). The van der Waals surface area contributed by atoms with Gasteiger partial charge < -0.3 is 4.57 Å². The first kappa shape index (κ1) is 22.0. The minimum atomic E-state index is -4.63. The molecule has 5 nitrogen and oxygen atoms in total. The van der Waals surface area contributed by atoms with Gasteiger partial charge >= 0.3 is 6.18 Å². The molecule has 170 valence electrons. The molecule has 0 aliphatic heterocycles. The Morgan fingerprint density at radius 3 is 2.48 bits per heavy atom. The quantitative estimate of drug-likeness (QED) is 0.193. The largest absolute Gasteiger partial charge is 0.416 e. The number of hydrogen-bond acceptors (Lipinski definition) is 4. The summed E-state index contributed by atoms with van der Waals surface area (Å²) in [6.07, 6.45) is -1.11. The summed E-state index contributed by atoms with van der Waals surface area (Å²) < 4.78 is 56.1. The van der Waals surface area contributed by atoms with Crippen LogP contribution in [0.5, 0.6) is 0 Å². The number of rotatable bonds is 5. The predicted octanol–water partition coefficient (Wildman–Crippen LogP) is 6.02. The van der Waals surface area contributed by atoms with Crippen LogP contribution in [-0.4, -0.2) is 19.1 Å². The zero-order valence-corrected chi connectivity index (χ0v) is 18.4. The van der Waals surface area contributed by atoms with Crippen LogP contribution in [0.2, 0.25) is 5.02 Å². The van der Waals surface area contributed by atoms with Crippen molar-refractivity contribution in [3.63, 3.8) is 0 Å². The van der Waals surface area contributed by atoms with Crippen LogP contribution in [0.15, 0.2) is 58.7 Å². The highest BCUT2D eigenvalue weighted by Gasteiger charge is 2.31. The molecule has 1 aliphatic rings. The van der Waals surface area contributed by atoms with Crippen molar-refractivity contribution in [1.29, 1.82) is 0 Å². The number of hydrogen-bond donors (Lipinski definition) is 0. The summed E-state index contributed by atoms with van der Waals surface area (Å²) in [5, 5.41) is 0.761. The maximum Gasteiger partial charge on any atom is 0.416 e. The molecule has 0 spiro atoms. The molecule has 1 saturated carbocycles. The van der Waals surface area contributed by atoms with E-state index in [1.165, 1.54) is 4.57 Å². The third kappa shape index (κ3) is 4.24. The number of nitrogens with zero attached hydrogens (tertiary/aromatic N) is 4. The zero-order valence-electron chi connectivity index (χ0n) is 16.8. The number of aromatic nitrogens is 4. The first-order chi connectivity index (χ1) is 15.7. The molecule has 2 heterocycles. The van der Waals surface area contributed by atoms with Gasteiger partial charge in [0.1, 0.15) is 5.82 Å². The molecule has 0 atom stereocenters. The highest BCUT2D eigenvalue weighted by Crippen LogP contribution is 2.37. The third-order valence-electron chi connectivity index (χ3n) is 5.33. The second-order valence-corrected chi connectivity index (χ2v) is 9.04. The molecule has 1 fully saturated rings. The fourth-order valence-corrected chi connectivity index (χ4v) is 4.58. The van der Waals surface area contributed by atoms with Gasteiger partial charge in [-0.15, -0.1) is 0 Å². The van der Waals surface area contributed by atoms with E-state index in [0.717, 1.165) is 36.7 Å². The first-order valence-corrected chi connectivity index (χ1v) is 11.3. The van der Waals surface area contributed by atoms with Gasteiger partial charge in [-0.3, -0.25) is 9.36 Å². The second kappa shape index (κ2) is 8.18. The van der Waals surface area contributed by atoms with E-state index in [1.807, 2.05) is 4.57 Å². The Bertz CT molecular complexity index is 1410. The Morgan fingerprint density at radius 1 is 1.12 bits per heavy atom. The van der Waals surface area contributed by atoms with Gasteiger partial charge in [-0.05, 0) is 54.8 Å². The van der Waals surface area contributed by atoms with Crippen LogP contribution in [0.4, 0.5) is 17.6 Å². The third-order valence-corrected chi connectivity index (χ3v) is 6.57. The number of imidazole rings is 1. The van der Waals surface area contributed by atoms with E-state index in [9.17, 15) is 22.4 Å². The summed E-state index contributed by atoms with van der Waals surface area (Å²) in [6, 6.07) is 9.20. The van der Waals surface area contributed by atoms with E-state index in [0.29, 0.717) is 22.4 Å². The van der Waals surface area contributed by atoms with Crippen molar-refractivity contribution in [3.8, 4) is 5.69 Å². The van der Waals surface area contributed by atoms with Crippen molar-refractivity contribution in [2.45, 2.75) is 36.0 Å². The summed E-state index contributed by atoms with van der Waals surface area (Å²) >= 11 is 7.03. The Hall–Kier alpha value is -2.85. The molecule has 0 bridgehead atoms. The van der Waals surface area contributed by atoms with Gasteiger partial charge in [0.15, 0.2) is 16.3 Å². The van der Waals surface area contributed by atoms with Crippen LogP contribution in [0.3, 0.4) is 0 Å². The van der Waals surface area contributed by atoms with Gasteiger partial charge in [-0.2, -0.15) is 13.2 Å². The van der Waals surface area contributed by atoms with Crippen molar-refractivity contribution in [3.05, 3.63) is 81.1 Å². The molecule has 33 heavy (non-hydrogen) atoms. The molecule has 1 aliphatic carbocycles. The summed E-state index contributed by atoms with van der Waals surface area (Å²) in [7, 11) is 0. The van der Waals surface area contributed by atoms with E-state index in [2.05, 4.69) is 9.97 Å². The van der Waals surface area contributed by atoms with Crippen LogP contribution in [-0.2, 0) is 11.9 Å². The van der Waals surface area contributed by atoms with Gasteiger partial charge in [0.05, 0.1) is 17.6 Å². The molecule has 0 N–H and O–H groups in total. The van der Waals surface area contributed by atoms with Crippen molar-refractivity contribution < 1.29 is 17.6 Å². The van der Waals surface area contributed by atoms with Crippen molar-refractivity contribution >= 4 is 34.5 Å². The van der Waals surface area contributed by atoms with E-state index in [1.54, 1.807) is 30.6 Å². The normalized spacial score (nSPS) is 14.2. The minimum Gasteiger partial charge on any atom is -0.312 e. The average Bonchev–Trinajstić information content (AvgIpc) is 3.52. The smallest absolute Gasteiger partial charge is 0.312 e.